The highest BCUT2D eigenvalue weighted by Gasteiger charge is 2.05. The van der Waals surface area contributed by atoms with Crippen LogP contribution in [-0.4, -0.2) is 0 Å². The molecule has 0 aliphatic rings. The van der Waals surface area contributed by atoms with Gasteiger partial charge in [-0.05, 0) is 19.1 Å². The zero-order valence-electron chi connectivity index (χ0n) is 5.93. The average Bonchev–Trinajstić information content (AvgIpc) is 1.99. The summed E-state index contributed by atoms with van der Waals surface area (Å²) in [4.78, 5) is 0.520. The SMILES string of the molecule is Cc1c(F)ccc(S)c1C#N. The molecule has 0 aliphatic carbocycles. The van der Waals surface area contributed by atoms with Gasteiger partial charge in [0.15, 0.2) is 0 Å². The van der Waals surface area contributed by atoms with Crippen molar-refractivity contribution in [3.05, 3.63) is 29.1 Å². The first-order chi connectivity index (χ1) is 5.16. The van der Waals surface area contributed by atoms with Gasteiger partial charge in [0.2, 0.25) is 0 Å². The van der Waals surface area contributed by atoms with Gasteiger partial charge in [-0.15, -0.1) is 12.6 Å². The maximum absolute atomic E-state index is 12.8. The summed E-state index contributed by atoms with van der Waals surface area (Å²) in [5, 5.41) is 8.56. The van der Waals surface area contributed by atoms with Crippen LogP contribution in [0.5, 0.6) is 0 Å². The number of nitriles is 1. The van der Waals surface area contributed by atoms with E-state index >= 15 is 0 Å². The maximum atomic E-state index is 12.8. The molecule has 1 rings (SSSR count). The summed E-state index contributed by atoms with van der Waals surface area (Å²) in [5.41, 5.74) is 0.674. The number of halogens is 1. The number of benzene rings is 1. The van der Waals surface area contributed by atoms with Crippen LogP contribution in [0.2, 0.25) is 0 Å². The van der Waals surface area contributed by atoms with E-state index in [2.05, 4.69) is 12.6 Å². The summed E-state index contributed by atoms with van der Waals surface area (Å²) < 4.78 is 12.8. The van der Waals surface area contributed by atoms with E-state index in [1.807, 2.05) is 6.07 Å². The highest BCUT2D eigenvalue weighted by Crippen LogP contribution is 2.19. The van der Waals surface area contributed by atoms with Gasteiger partial charge in [0, 0.05) is 10.5 Å². The summed E-state index contributed by atoms with van der Waals surface area (Å²) in [6.07, 6.45) is 0. The number of thiol groups is 1. The van der Waals surface area contributed by atoms with Crippen LogP contribution in [0.4, 0.5) is 4.39 Å². The predicted octanol–water partition coefficient (Wildman–Crippen LogP) is 2.29. The summed E-state index contributed by atoms with van der Waals surface area (Å²) in [6.45, 7) is 1.56. The van der Waals surface area contributed by atoms with Gasteiger partial charge in [0.1, 0.15) is 11.9 Å². The standard InChI is InChI=1S/C8H6FNS/c1-5-6(4-10)8(11)3-2-7(5)9/h2-3,11H,1H3. The Kier molecular flexibility index (Phi) is 2.16. The molecule has 0 aromatic heterocycles. The summed E-state index contributed by atoms with van der Waals surface area (Å²) in [6, 6.07) is 4.67. The summed E-state index contributed by atoms with van der Waals surface area (Å²) in [7, 11) is 0. The Hall–Kier alpha value is -1.01. The van der Waals surface area contributed by atoms with Gasteiger partial charge in [-0.25, -0.2) is 4.39 Å². The Bertz CT molecular complexity index is 328. The monoisotopic (exact) mass is 167 g/mol. The molecule has 0 heterocycles. The molecule has 56 valence electrons. The molecule has 0 saturated heterocycles. The molecule has 0 radical (unpaired) electrons. The minimum Gasteiger partial charge on any atom is -0.207 e. The molecule has 1 aromatic carbocycles. The van der Waals surface area contributed by atoms with Crippen LogP contribution in [0, 0.1) is 24.1 Å². The Morgan fingerprint density at radius 1 is 1.55 bits per heavy atom. The first-order valence-corrected chi connectivity index (χ1v) is 3.49. The number of hydrogen-bond donors (Lipinski definition) is 1. The summed E-state index contributed by atoms with van der Waals surface area (Å²) >= 11 is 4.01. The van der Waals surface area contributed by atoms with E-state index in [1.165, 1.54) is 12.1 Å². The van der Waals surface area contributed by atoms with Gasteiger partial charge in [0.25, 0.3) is 0 Å². The lowest BCUT2D eigenvalue weighted by atomic mass is 10.1. The van der Waals surface area contributed by atoms with Crippen molar-refractivity contribution in [3.63, 3.8) is 0 Å². The Labute approximate surface area is 69.9 Å². The Morgan fingerprint density at radius 3 is 2.64 bits per heavy atom. The normalized spacial score (nSPS) is 9.27. The Balaban J connectivity index is 3.44. The van der Waals surface area contributed by atoms with Crippen LogP contribution in [0.15, 0.2) is 17.0 Å². The molecule has 0 saturated carbocycles. The fourth-order valence-electron chi connectivity index (χ4n) is 0.813. The van der Waals surface area contributed by atoms with Crippen molar-refractivity contribution in [3.8, 4) is 6.07 Å². The second-order valence-corrected chi connectivity index (χ2v) is 2.66. The smallest absolute Gasteiger partial charge is 0.127 e. The maximum Gasteiger partial charge on any atom is 0.127 e. The van der Waals surface area contributed by atoms with E-state index in [1.54, 1.807) is 6.92 Å². The highest BCUT2D eigenvalue weighted by molar-refractivity contribution is 7.80. The zero-order valence-corrected chi connectivity index (χ0v) is 6.82. The molecule has 0 aliphatic heterocycles. The summed E-state index contributed by atoms with van der Waals surface area (Å²) in [5.74, 6) is -0.362. The van der Waals surface area contributed by atoms with E-state index < -0.39 is 0 Å². The third-order valence-corrected chi connectivity index (χ3v) is 1.86. The minimum atomic E-state index is -0.362. The van der Waals surface area contributed by atoms with Gasteiger partial charge in [-0.3, -0.25) is 0 Å². The minimum absolute atomic E-state index is 0.313. The van der Waals surface area contributed by atoms with Crippen molar-refractivity contribution in [2.24, 2.45) is 0 Å². The number of rotatable bonds is 0. The van der Waals surface area contributed by atoms with E-state index in [0.29, 0.717) is 16.0 Å². The third kappa shape index (κ3) is 1.36. The predicted molar refractivity (Wildman–Crippen MR) is 43.1 cm³/mol. The molecule has 0 unspecified atom stereocenters. The van der Waals surface area contributed by atoms with Gasteiger partial charge in [0.05, 0.1) is 5.56 Å². The van der Waals surface area contributed by atoms with Gasteiger partial charge >= 0.3 is 0 Å². The lowest BCUT2D eigenvalue weighted by Gasteiger charge is -2.00. The van der Waals surface area contributed by atoms with Crippen LogP contribution in [0.3, 0.4) is 0 Å². The van der Waals surface area contributed by atoms with Crippen LogP contribution in [0.25, 0.3) is 0 Å². The molecule has 1 nitrogen and oxygen atoms in total. The van der Waals surface area contributed by atoms with Crippen molar-refractivity contribution in [1.82, 2.24) is 0 Å². The molecule has 0 N–H and O–H groups in total. The second-order valence-electron chi connectivity index (χ2n) is 2.18. The lowest BCUT2D eigenvalue weighted by molar-refractivity contribution is 0.616. The van der Waals surface area contributed by atoms with Crippen LogP contribution >= 0.6 is 12.6 Å². The van der Waals surface area contributed by atoms with E-state index in [9.17, 15) is 4.39 Å². The van der Waals surface area contributed by atoms with E-state index in [4.69, 9.17) is 5.26 Å². The Morgan fingerprint density at radius 2 is 2.18 bits per heavy atom. The second kappa shape index (κ2) is 2.93. The van der Waals surface area contributed by atoms with Crippen LogP contribution < -0.4 is 0 Å². The molecule has 0 atom stereocenters. The molecule has 0 bridgehead atoms. The first kappa shape index (κ1) is 8.09. The van der Waals surface area contributed by atoms with Crippen LogP contribution in [-0.2, 0) is 0 Å². The topological polar surface area (TPSA) is 23.8 Å². The van der Waals surface area contributed by atoms with Crippen molar-refractivity contribution in [2.75, 3.05) is 0 Å². The molecule has 3 heteroatoms. The molecule has 0 amide bonds. The highest BCUT2D eigenvalue weighted by atomic mass is 32.1. The van der Waals surface area contributed by atoms with Gasteiger partial charge in [-0.2, -0.15) is 5.26 Å². The van der Waals surface area contributed by atoms with Gasteiger partial charge < -0.3 is 0 Å². The van der Waals surface area contributed by atoms with E-state index in [0.717, 1.165) is 0 Å². The molecular weight excluding hydrogens is 161 g/mol. The zero-order chi connectivity index (χ0) is 8.43. The quantitative estimate of drug-likeness (QED) is 0.589. The van der Waals surface area contributed by atoms with E-state index in [-0.39, 0.29) is 5.82 Å². The van der Waals surface area contributed by atoms with Crippen molar-refractivity contribution in [2.45, 2.75) is 11.8 Å². The molecule has 0 fully saturated rings. The van der Waals surface area contributed by atoms with Crippen molar-refractivity contribution < 1.29 is 4.39 Å². The molecular formula is C8H6FNS. The molecule has 11 heavy (non-hydrogen) atoms. The average molecular weight is 167 g/mol. The number of nitrogens with zero attached hydrogens (tertiary/aromatic N) is 1. The lowest BCUT2D eigenvalue weighted by Crippen LogP contribution is -1.88. The van der Waals surface area contributed by atoms with Crippen LogP contribution in [0.1, 0.15) is 11.1 Å². The third-order valence-electron chi connectivity index (χ3n) is 1.49. The molecule has 1 aromatic rings. The first-order valence-electron chi connectivity index (χ1n) is 3.05. The van der Waals surface area contributed by atoms with Crippen molar-refractivity contribution in [1.29, 1.82) is 5.26 Å². The fourth-order valence-corrected chi connectivity index (χ4v) is 1.11. The fraction of sp³-hybridized carbons (Fsp3) is 0.125. The van der Waals surface area contributed by atoms with Crippen molar-refractivity contribution >= 4 is 12.6 Å². The van der Waals surface area contributed by atoms with Gasteiger partial charge in [-0.1, -0.05) is 0 Å². The number of hydrogen-bond acceptors (Lipinski definition) is 2. The largest absolute Gasteiger partial charge is 0.207 e. The molecule has 0 spiro atoms.